The standard InChI is InChI=1S/C17H21ClN2O3S/c1-23-15-5-4-13(18)11-14(15)20-17(22)19-8-6-12(7-9-21)16-3-2-10-24-16/h2-5,10-12,21H,6-9H2,1H3,(H2,19,20,22). The molecule has 7 heteroatoms. The first kappa shape index (κ1) is 18.6. The van der Waals surface area contributed by atoms with E-state index in [1.165, 1.54) is 12.0 Å². The lowest BCUT2D eigenvalue weighted by atomic mass is 10.00. The minimum absolute atomic E-state index is 0.133. The molecular weight excluding hydrogens is 348 g/mol. The summed E-state index contributed by atoms with van der Waals surface area (Å²) in [4.78, 5) is 13.3. The molecule has 2 aromatic rings. The Balaban J connectivity index is 1.85. The average molecular weight is 369 g/mol. The monoisotopic (exact) mass is 368 g/mol. The molecule has 3 N–H and O–H groups in total. The minimum atomic E-state index is -0.315. The number of aliphatic hydroxyl groups excluding tert-OH is 1. The van der Waals surface area contributed by atoms with Gasteiger partial charge in [0.25, 0.3) is 0 Å². The second kappa shape index (κ2) is 9.52. The van der Waals surface area contributed by atoms with Crippen LogP contribution in [0.2, 0.25) is 5.02 Å². The number of hydrogen-bond acceptors (Lipinski definition) is 4. The zero-order valence-electron chi connectivity index (χ0n) is 13.4. The molecule has 2 amide bonds. The molecule has 0 fully saturated rings. The molecule has 2 rings (SSSR count). The van der Waals surface area contributed by atoms with Gasteiger partial charge in [-0.3, -0.25) is 0 Å². The number of rotatable bonds is 8. The number of thiophene rings is 1. The van der Waals surface area contributed by atoms with Gasteiger partial charge in [0.05, 0.1) is 12.8 Å². The van der Waals surface area contributed by atoms with Crippen molar-refractivity contribution in [3.63, 3.8) is 0 Å². The number of hydrogen-bond donors (Lipinski definition) is 3. The Labute approximate surface area is 150 Å². The summed E-state index contributed by atoms with van der Waals surface area (Å²) in [5.41, 5.74) is 0.521. The minimum Gasteiger partial charge on any atom is -0.495 e. The lowest BCUT2D eigenvalue weighted by molar-refractivity contribution is 0.250. The van der Waals surface area contributed by atoms with Crippen LogP contribution in [0.1, 0.15) is 23.6 Å². The number of nitrogens with one attached hydrogen (secondary N) is 2. The second-order valence-corrected chi connectivity index (χ2v) is 6.65. The molecule has 0 radical (unpaired) electrons. The highest BCUT2D eigenvalue weighted by atomic mass is 35.5. The van der Waals surface area contributed by atoms with Gasteiger partial charge in [-0.1, -0.05) is 17.7 Å². The van der Waals surface area contributed by atoms with E-state index in [4.69, 9.17) is 16.3 Å². The van der Waals surface area contributed by atoms with Gasteiger partial charge in [0.1, 0.15) is 5.75 Å². The van der Waals surface area contributed by atoms with Crippen molar-refractivity contribution in [2.24, 2.45) is 0 Å². The molecule has 1 unspecified atom stereocenters. The third-order valence-corrected chi connectivity index (χ3v) is 4.88. The first-order valence-corrected chi connectivity index (χ1v) is 8.92. The number of aliphatic hydroxyl groups is 1. The Hall–Kier alpha value is -1.76. The molecule has 0 aliphatic carbocycles. The summed E-state index contributed by atoms with van der Waals surface area (Å²) < 4.78 is 5.20. The molecule has 1 atom stereocenters. The third kappa shape index (κ3) is 5.40. The van der Waals surface area contributed by atoms with Crippen LogP contribution in [0.4, 0.5) is 10.5 Å². The molecule has 0 saturated carbocycles. The van der Waals surface area contributed by atoms with Gasteiger partial charge in [0.2, 0.25) is 0 Å². The SMILES string of the molecule is COc1ccc(Cl)cc1NC(=O)NCCC(CCO)c1cccs1. The summed E-state index contributed by atoms with van der Waals surface area (Å²) in [6.07, 6.45) is 1.45. The molecule has 0 bridgehead atoms. The third-order valence-electron chi connectivity index (χ3n) is 3.61. The summed E-state index contributed by atoms with van der Waals surface area (Å²) in [5, 5.41) is 17.3. The Kier molecular flexibility index (Phi) is 7.36. The molecule has 0 saturated heterocycles. The van der Waals surface area contributed by atoms with Crippen molar-refractivity contribution >= 4 is 34.7 Å². The molecule has 0 aliphatic rings. The van der Waals surface area contributed by atoms with Crippen LogP contribution in [0.3, 0.4) is 0 Å². The van der Waals surface area contributed by atoms with Crippen LogP contribution in [0.5, 0.6) is 5.75 Å². The van der Waals surface area contributed by atoms with E-state index >= 15 is 0 Å². The van der Waals surface area contributed by atoms with E-state index in [-0.39, 0.29) is 18.6 Å². The molecular formula is C17H21ClN2O3S. The maximum Gasteiger partial charge on any atom is 0.319 e. The van der Waals surface area contributed by atoms with Gasteiger partial charge < -0.3 is 20.5 Å². The fraction of sp³-hybridized carbons (Fsp3) is 0.353. The number of amides is 2. The summed E-state index contributed by atoms with van der Waals surface area (Å²) in [6, 6.07) is 8.78. The van der Waals surface area contributed by atoms with E-state index in [9.17, 15) is 9.90 Å². The molecule has 130 valence electrons. The first-order chi connectivity index (χ1) is 11.6. The number of urea groups is 1. The quantitative estimate of drug-likeness (QED) is 0.657. The predicted octanol–water partition coefficient (Wildman–Crippen LogP) is 4.09. The van der Waals surface area contributed by atoms with Crippen molar-refractivity contribution in [2.75, 3.05) is 25.6 Å². The number of benzene rings is 1. The fourth-order valence-electron chi connectivity index (χ4n) is 2.41. The van der Waals surface area contributed by atoms with Gasteiger partial charge in [0.15, 0.2) is 0 Å². The fourth-order valence-corrected chi connectivity index (χ4v) is 3.48. The Morgan fingerprint density at radius 2 is 2.21 bits per heavy atom. The van der Waals surface area contributed by atoms with E-state index in [0.717, 1.165) is 6.42 Å². The van der Waals surface area contributed by atoms with Gasteiger partial charge in [-0.15, -0.1) is 11.3 Å². The lowest BCUT2D eigenvalue weighted by Crippen LogP contribution is -2.30. The largest absolute Gasteiger partial charge is 0.495 e. The molecule has 24 heavy (non-hydrogen) atoms. The lowest BCUT2D eigenvalue weighted by Gasteiger charge is -2.15. The summed E-state index contributed by atoms with van der Waals surface area (Å²) in [7, 11) is 1.53. The van der Waals surface area contributed by atoms with Gasteiger partial charge in [0, 0.05) is 23.1 Å². The highest BCUT2D eigenvalue weighted by Gasteiger charge is 2.13. The van der Waals surface area contributed by atoms with E-state index in [1.54, 1.807) is 29.5 Å². The van der Waals surface area contributed by atoms with Crippen molar-refractivity contribution in [1.82, 2.24) is 5.32 Å². The topological polar surface area (TPSA) is 70.6 Å². The van der Waals surface area contributed by atoms with Crippen LogP contribution in [0.15, 0.2) is 35.7 Å². The van der Waals surface area contributed by atoms with Crippen LogP contribution in [0.25, 0.3) is 0 Å². The molecule has 5 nitrogen and oxygen atoms in total. The van der Waals surface area contributed by atoms with Crippen molar-refractivity contribution in [3.8, 4) is 5.75 Å². The highest BCUT2D eigenvalue weighted by molar-refractivity contribution is 7.10. The zero-order valence-corrected chi connectivity index (χ0v) is 15.0. The normalized spacial score (nSPS) is 11.8. The molecule has 1 aromatic heterocycles. The highest BCUT2D eigenvalue weighted by Crippen LogP contribution is 2.28. The van der Waals surface area contributed by atoms with E-state index in [2.05, 4.69) is 16.7 Å². The molecule has 1 aromatic carbocycles. The molecule has 0 aliphatic heterocycles. The molecule has 1 heterocycles. The zero-order chi connectivity index (χ0) is 17.4. The number of carbonyl (C=O) groups is 1. The van der Waals surface area contributed by atoms with Crippen LogP contribution < -0.4 is 15.4 Å². The van der Waals surface area contributed by atoms with Crippen LogP contribution >= 0.6 is 22.9 Å². The smallest absolute Gasteiger partial charge is 0.319 e. The predicted molar refractivity (Wildman–Crippen MR) is 98.4 cm³/mol. The molecule has 0 spiro atoms. The summed E-state index contributed by atoms with van der Waals surface area (Å²) in [5.74, 6) is 0.794. The van der Waals surface area contributed by atoms with E-state index in [1.807, 2.05) is 11.4 Å². The van der Waals surface area contributed by atoms with Crippen LogP contribution in [0, 0.1) is 0 Å². The Morgan fingerprint density at radius 3 is 2.88 bits per heavy atom. The van der Waals surface area contributed by atoms with Gasteiger partial charge in [-0.2, -0.15) is 0 Å². The van der Waals surface area contributed by atoms with Gasteiger partial charge in [-0.25, -0.2) is 4.79 Å². The Morgan fingerprint density at radius 1 is 1.38 bits per heavy atom. The first-order valence-electron chi connectivity index (χ1n) is 7.66. The number of halogens is 1. The Bertz CT molecular complexity index is 649. The van der Waals surface area contributed by atoms with Gasteiger partial charge in [-0.05, 0) is 48.4 Å². The van der Waals surface area contributed by atoms with E-state index in [0.29, 0.717) is 29.4 Å². The van der Waals surface area contributed by atoms with Gasteiger partial charge >= 0.3 is 6.03 Å². The average Bonchev–Trinajstić information content (AvgIpc) is 3.08. The number of ether oxygens (including phenoxy) is 1. The maximum atomic E-state index is 12.1. The van der Waals surface area contributed by atoms with Crippen LogP contribution in [-0.2, 0) is 0 Å². The van der Waals surface area contributed by atoms with Crippen molar-refractivity contribution in [3.05, 3.63) is 45.6 Å². The number of anilines is 1. The maximum absolute atomic E-state index is 12.1. The number of carbonyl (C=O) groups excluding carboxylic acids is 1. The van der Waals surface area contributed by atoms with Crippen molar-refractivity contribution in [2.45, 2.75) is 18.8 Å². The van der Waals surface area contributed by atoms with Crippen LogP contribution in [-0.4, -0.2) is 31.4 Å². The van der Waals surface area contributed by atoms with Crippen molar-refractivity contribution in [1.29, 1.82) is 0 Å². The summed E-state index contributed by atoms with van der Waals surface area (Å²) >= 11 is 7.61. The van der Waals surface area contributed by atoms with Crippen molar-refractivity contribution < 1.29 is 14.6 Å². The second-order valence-electron chi connectivity index (χ2n) is 5.24. The summed E-state index contributed by atoms with van der Waals surface area (Å²) in [6.45, 7) is 0.645. The number of methoxy groups -OCH3 is 1. The van der Waals surface area contributed by atoms with E-state index < -0.39 is 0 Å².